The van der Waals surface area contributed by atoms with E-state index in [0.29, 0.717) is 0 Å². The molecular formula is C108H68N2O3S. The van der Waals surface area contributed by atoms with E-state index in [9.17, 15) is 0 Å². The smallest absolute Gasteiger partial charge is 0.143 e. The van der Waals surface area contributed by atoms with Gasteiger partial charge in [-0.2, -0.15) is 0 Å². The highest BCUT2D eigenvalue weighted by atomic mass is 32.1. The molecule has 0 spiro atoms. The molecule has 4 aromatic heterocycles. The lowest BCUT2D eigenvalue weighted by Crippen LogP contribution is -2.09. The van der Waals surface area contributed by atoms with Gasteiger partial charge in [0.25, 0.3) is 0 Å². The van der Waals surface area contributed by atoms with Crippen LogP contribution in [0.5, 0.6) is 0 Å². The van der Waals surface area contributed by atoms with Gasteiger partial charge in [-0.1, -0.05) is 297 Å². The molecule has 22 aromatic rings. The van der Waals surface area contributed by atoms with Crippen LogP contribution in [0.2, 0.25) is 0 Å². The molecule has 0 aliphatic heterocycles. The van der Waals surface area contributed by atoms with Gasteiger partial charge in [0.2, 0.25) is 0 Å². The standard InChI is InChI=1S/C108H68N2O3S/c1-2-13-69(14-3-1)73-39-53-84(54-40-73)110(88-61-47-77(48-62-88)82-51-65-104-99(67-82)95-17-6-7-24-101(95)111-104)89-63-49-78(50-64-89)83-52-66-105-100(68-83)98-23-12-20-92(108(98)114-105)81-37-31-72(32-38-81)76-45-59-87(60-46-76)109(85-55-41-74(42-56-85)70-27-33-79(34-28-70)90-18-10-21-96-93-15-4-8-25-102(93)112-106(90)96)86-57-43-75(44-58-86)71-29-35-80(36-30-71)91-19-11-22-97-94-16-5-9-26-103(94)113-107(91)97/h1-68H. The fourth-order valence-corrected chi connectivity index (χ4v) is 18.1. The first kappa shape index (κ1) is 66.2. The topological polar surface area (TPSA) is 45.9 Å². The van der Waals surface area contributed by atoms with Crippen molar-refractivity contribution in [3.63, 3.8) is 0 Å². The molecule has 0 unspecified atom stereocenters. The first-order valence-electron chi connectivity index (χ1n) is 38.7. The molecule has 4 heterocycles. The number of furan rings is 3. The van der Waals surface area contributed by atoms with E-state index >= 15 is 0 Å². The normalized spacial score (nSPS) is 11.7. The fourth-order valence-electron chi connectivity index (χ4n) is 16.9. The Morgan fingerprint density at radius 3 is 0.851 bits per heavy atom. The molecule has 534 valence electrons. The molecule has 0 atom stereocenters. The second-order valence-electron chi connectivity index (χ2n) is 29.4. The van der Waals surface area contributed by atoms with Crippen LogP contribution in [0.1, 0.15) is 0 Å². The number of benzene rings is 18. The second kappa shape index (κ2) is 27.6. The van der Waals surface area contributed by atoms with Crippen LogP contribution in [-0.4, -0.2) is 0 Å². The highest BCUT2D eigenvalue weighted by Gasteiger charge is 2.21. The van der Waals surface area contributed by atoms with Crippen molar-refractivity contribution >= 4 is 131 Å². The zero-order chi connectivity index (χ0) is 75.2. The van der Waals surface area contributed by atoms with Gasteiger partial charge in [-0.25, -0.2) is 0 Å². The number of thiophene rings is 1. The van der Waals surface area contributed by atoms with E-state index < -0.39 is 0 Å². The number of para-hydroxylation sites is 5. The summed E-state index contributed by atoms with van der Waals surface area (Å²) in [6.45, 7) is 0. The minimum atomic E-state index is 0.896. The lowest BCUT2D eigenvalue weighted by molar-refractivity contribution is 0.669. The lowest BCUT2D eigenvalue weighted by Gasteiger charge is -2.26. The summed E-state index contributed by atoms with van der Waals surface area (Å²) in [5.74, 6) is 0. The van der Waals surface area contributed by atoms with Crippen LogP contribution in [-0.2, 0) is 0 Å². The molecule has 0 bridgehead atoms. The molecule has 5 nitrogen and oxygen atoms in total. The highest BCUT2D eigenvalue weighted by Crippen LogP contribution is 2.47. The van der Waals surface area contributed by atoms with Crippen LogP contribution in [0.4, 0.5) is 34.1 Å². The van der Waals surface area contributed by atoms with E-state index in [1.807, 2.05) is 47.7 Å². The Kier molecular flexibility index (Phi) is 16.0. The molecule has 0 saturated heterocycles. The summed E-state index contributed by atoms with van der Waals surface area (Å²) in [6, 6.07) is 149. The quantitative estimate of drug-likeness (QED) is 0.102. The van der Waals surface area contributed by atoms with E-state index in [4.69, 9.17) is 13.3 Å². The van der Waals surface area contributed by atoms with E-state index in [1.165, 1.54) is 48.0 Å². The first-order valence-corrected chi connectivity index (χ1v) is 39.5. The Morgan fingerprint density at radius 2 is 0.439 bits per heavy atom. The summed E-state index contributed by atoms with van der Waals surface area (Å²) in [7, 11) is 0. The molecule has 0 aliphatic carbocycles. The van der Waals surface area contributed by atoms with Gasteiger partial charge < -0.3 is 23.1 Å². The molecule has 0 N–H and O–H groups in total. The number of nitrogens with zero attached hydrogens (tertiary/aromatic N) is 2. The molecule has 18 aromatic carbocycles. The Balaban J connectivity index is 0.537. The number of fused-ring (bicyclic) bond motifs is 12. The minimum Gasteiger partial charge on any atom is -0.456 e. The molecule has 114 heavy (non-hydrogen) atoms. The number of rotatable bonds is 15. The minimum absolute atomic E-state index is 0.896. The molecule has 0 saturated carbocycles. The first-order chi connectivity index (χ1) is 56.4. The third-order valence-electron chi connectivity index (χ3n) is 22.8. The Labute approximate surface area is 662 Å². The molecule has 0 fully saturated rings. The van der Waals surface area contributed by atoms with E-state index in [1.54, 1.807) is 0 Å². The zero-order valence-electron chi connectivity index (χ0n) is 61.8. The van der Waals surface area contributed by atoms with Crippen LogP contribution < -0.4 is 9.80 Å². The van der Waals surface area contributed by atoms with Crippen LogP contribution in [0, 0.1) is 0 Å². The third-order valence-corrected chi connectivity index (χ3v) is 24.0. The average molecular weight is 1470 g/mol. The predicted molar refractivity (Wildman–Crippen MR) is 479 cm³/mol. The number of hydrogen-bond acceptors (Lipinski definition) is 6. The van der Waals surface area contributed by atoms with Gasteiger partial charge in [-0.15, -0.1) is 11.3 Å². The van der Waals surface area contributed by atoms with Crippen LogP contribution in [0.25, 0.3) is 186 Å². The molecule has 6 heteroatoms. The lowest BCUT2D eigenvalue weighted by atomic mass is 9.97. The van der Waals surface area contributed by atoms with Gasteiger partial charge in [0, 0.05) is 97.7 Å². The molecular weight excluding hydrogens is 1410 g/mol. The summed E-state index contributed by atoms with van der Waals surface area (Å²) >= 11 is 1.87. The summed E-state index contributed by atoms with van der Waals surface area (Å²) in [4.78, 5) is 4.71. The van der Waals surface area contributed by atoms with Crippen molar-refractivity contribution in [1.82, 2.24) is 0 Å². The van der Waals surface area contributed by atoms with Gasteiger partial charge in [0.05, 0.1) is 0 Å². The third kappa shape index (κ3) is 11.8. The molecule has 0 aliphatic rings. The SMILES string of the molecule is c1ccc(-c2ccc(N(c3ccc(-c4ccc5oc6ccccc6c5c4)cc3)c3ccc(-c4ccc5sc6c(-c7ccc(-c8ccc(N(c9ccc(-c%10ccc(-c%11cccc%12c%11oc%11ccccc%11%12)cc%10)cc9)c9ccc(-c%10ccc(-c%11cccc%12c%11oc%11ccccc%11%12)cc%10)cc9)cc8)cc7)cccc6c5c4)cc3)cc2)cc1. The maximum absolute atomic E-state index is 6.44. The van der Waals surface area contributed by atoms with Crippen molar-refractivity contribution in [2.75, 3.05) is 9.80 Å². The summed E-state index contributed by atoms with van der Waals surface area (Å²) < 4.78 is 21.6. The fraction of sp³-hybridized carbons (Fsp3) is 0. The van der Waals surface area contributed by atoms with Gasteiger partial charge >= 0.3 is 0 Å². The molecule has 0 amide bonds. The van der Waals surface area contributed by atoms with Crippen LogP contribution in [0.3, 0.4) is 0 Å². The summed E-state index contributed by atoms with van der Waals surface area (Å²) in [6.07, 6.45) is 0. The zero-order valence-corrected chi connectivity index (χ0v) is 62.6. The number of anilines is 6. The van der Waals surface area contributed by atoms with Crippen LogP contribution in [0.15, 0.2) is 426 Å². The van der Waals surface area contributed by atoms with E-state index in [-0.39, 0.29) is 0 Å². The number of hydrogen-bond donors (Lipinski definition) is 0. The highest BCUT2D eigenvalue weighted by molar-refractivity contribution is 7.26. The monoisotopic (exact) mass is 1470 g/mol. The van der Waals surface area contributed by atoms with Crippen molar-refractivity contribution in [2.45, 2.75) is 0 Å². The largest absolute Gasteiger partial charge is 0.456 e. The Bertz CT molecular complexity index is 7190. The van der Waals surface area contributed by atoms with Crippen molar-refractivity contribution < 1.29 is 13.3 Å². The second-order valence-corrected chi connectivity index (χ2v) is 30.5. The van der Waals surface area contributed by atoms with Gasteiger partial charge in [0.1, 0.15) is 33.5 Å². The van der Waals surface area contributed by atoms with Gasteiger partial charge in [0.15, 0.2) is 0 Å². The maximum Gasteiger partial charge on any atom is 0.143 e. The Hall–Kier alpha value is -14.8. The van der Waals surface area contributed by atoms with Crippen LogP contribution >= 0.6 is 11.3 Å². The Morgan fingerprint density at radius 1 is 0.167 bits per heavy atom. The van der Waals surface area contributed by atoms with Crippen molar-refractivity contribution in [3.8, 4) is 100 Å². The van der Waals surface area contributed by atoms with Crippen molar-refractivity contribution in [3.05, 3.63) is 413 Å². The van der Waals surface area contributed by atoms with Gasteiger partial charge in [-0.3, -0.25) is 0 Å². The van der Waals surface area contributed by atoms with Gasteiger partial charge in [-0.05, 0) is 204 Å². The van der Waals surface area contributed by atoms with Crippen molar-refractivity contribution in [1.29, 1.82) is 0 Å². The average Bonchev–Trinajstić information content (AvgIpc) is 1.62. The maximum atomic E-state index is 6.44. The molecule has 22 rings (SSSR count). The predicted octanol–water partition coefficient (Wildman–Crippen LogP) is 31.7. The molecule has 0 radical (unpaired) electrons. The van der Waals surface area contributed by atoms with Crippen molar-refractivity contribution in [2.24, 2.45) is 0 Å². The van der Waals surface area contributed by atoms with E-state index in [0.717, 1.165) is 172 Å². The van der Waals surface area contributed by atoms with E-state index in [2.05, 4.69) is 386 Å². The summed E-state index contributed by atoms with van der Waals surface area (Å²) in [5, 5.41) is 9.29. The summed E-state index contributed by atoms with van der Waals surface area (Å²) in [5.41, 5.74) is 32.5.